The maximum atomic E-state index is 9.13. The Morgan fingerprint density at radius 2 is 1.67 bits per heavy atom. The molecular weight excluding hydrogens is 228 g/mol. The number of ether oxygens (including phenoxy) is 2. The van der Waals surface area contributed by atoms with Crippen molar-refractivity contribution in [2.45, 2.75) is 51.5 Å². The molecule has 4 heteroatoms. The average Bonchev–Trinajstić information content (AvgIpc) is 2.42. The molecule has 0 radical (unpaired) electrons. The number of hydrogen-bond donors (Lipinski definition) is 1. The number of nitriles is 1. The van der Waals surface area contributed by atoms with Gasteiger partial charge in [-0.25, -0.2) is 0 Å². The molecule has 0 saturated carbocycles. The molecule has 0 aliphatic carbocycles. The van der Waals surface area contributed by atoms with Crippen LogP contribution in [0.2, 0.25) is 0 Å². The first-order chi connectivity index (χ1) is 8.74. The zero-order valence-electron chi connectivity index (χ0n) is 12.1. The number of hydrogen-bond acceptors (Lipinski definition) is 4. The topological polar surface area (TPSA) is 54.3 Å². The van der Waals surface area contributed by atoms with Crippen LogP contribution in [0.4, 0.5) is 0 Å². The quantitative estimate of drug-likeness (QED) is 0.545. The molecule has 0 amide bonds. The van der Waals surface area contributed by atoms with Crippen molar-refractivity contribution in [2.24, 2.45) is 0 Å². The normalized spacial score (nSPS) is 14.1. The van der Waals surface area contributed by atoms with E-state index in [0.29, 0.717) is 19.8 Å². The third-order valence-electron chi connectivity index (χ3n) is 3.20. The fourth-order valence-electron chi connectivity index (χ4n) is 1.71. The van der Waals surface area contributed by atoms with E-state index >= 15 is 0 Å². The molecule has 0 fully saturated rings. The Balaban J connectivity index is 3.42. The van der Waals surface area contributed by atoms with Crippen LogP contribution in [0.5, 0.6) is 0 Å². The van der Waals surface area contributed by atoms with E-state index in [1.807, 2.05) is 14.0 Å². The Kier molecular flexibility index (Phi) is 11.1. The summed E-state index contributed by atoms with van der Waals surface area (Å²) in [4.78, 5) is 0. The molecular formula is C14H28N2O2. The predicted octanol–water partition coefficient (Wildman–Crippen LogP) is 2.49. The first kappa shape index (κ1) is 17.4. The molecule has 0 aliphatic heterocycles. The second-order valence-electron chi connectivity index (χ2n) is 4.48. The molecule has 0 bridgehead atoms. The summed E-state index contributed by atoms with van der Waals surface area (Å²) in [5, 5.41) is 12.2. The zero-order chi connectivity index (χ0) is 13.7. The molecule has 106 valence electrons. The lowest BCUT2D eigenvalue weighted by atomic mass is 9.92. The third kappa shape index (κ3) is 7.65. The lowest BCUT2D eigenvalue weighted by Crippen LogP contribution is -2.40. The van der Waals surface area contributed by atoms with Gasteiger partial charge in [-0.1, -0.05) is 20.3 Å². The van der Waals surface area contributed by atoms with Crippen LogP contribution >= 0.6 is 0 Å². The first-order valence-electron chi connectivity index (χ1n) is 7.00. The van der Waals surface area contributed by atoms with Crippen molar-refractivity contribution in [3.63, 3.8) is 0 Å². The largest absolute Gasteiger partial charge is 0.379 e. The van der Waals surface area contributed by atoms with Crippen molar-refractivity contribution < 1.29 is 9.47 Å². The number of unbranched alkanes of at least 4 members (excludes halogenated alkanes) is 1. The van der Waals surface area contributed by atoms with Gasteiger partial charge >= 0.3 is 0 Å². The first-order valence-corrected chi connectivity index (χ1v) is 7.00. The van der Waals surface area contributed by atoms with Crippen molar-refractivity contribution in [3.8, 4) is 6.07 Å². The Morgan fingerprint density at radius 3 is 2.11 bits per heavy atom. The van der Waals surface area contributed by atoms with E-state index in [1.165, 1.54) is 0 Å². The number of nitrogens with one attached hydrogen (secondary N) is 1. The summed E-state index contributed by atoms with van der Waals surface area (Å²) in [6.07, 6.45) is 4.83. The van der Waals surface area contributed by atoms with Gasteiger partial charge in [0.05, 0.1) is 19.3 Å². The van der Waals surface area contributed by atoms with Gasteiger partial charge in [0, 0.05) is 13.2 Å². The van der Waals surface area contributed by atoms with Crippen LogP contribution in [0.1, 0.15) is 46.0 Å². The van der Waals surface area contributed by atoms with Crippen LogP contribution in [0.25, 0.3) is 0 Å². The average molecular weight is 256 g/mol. The maximum Gasteiger partial charge on any atom is 0.106 e. The summed E-state index contributed by atoms with van der Waals surface area (Å²) in [7, 11) is 1.84. The van der Waals surface area contributed by atoms with Crippen LogP contribution in [0.15, 0.2) is 0 Å². The van der Waals surface area contributed by atoms with Crippen LogP contribution in [0.3, 0.4) is 0 Å². The molecule has 0 aliphatic rings. The molecule has 0 aromatic rings. The summed E-state index contributed by atoms with van der Waals surface area (Å²) in [6, 6.07) is 2.35. The highest BCUT2D eigenvalue weighted by Crippen LogP contribution is 2.15. The van der Waals surface area contributed by atoms with Crippen molar-refractivity contribution in [1.29, 1.82) is 5.26 Å². The van der Waals surface area contributed by atoms with E-state index in [1.54, 1.807) is 0 Å². The van der Waals surface area contributed by atoms with E-state index in [9.17, 15) is 0 Å². The highest BCUT2D eigenvalue weighted by Gasteiger charge is 2.24. The third-order valence-corrected chi connectivity index (χ3v) is 3.20. The fourth-order valence-corrected chi connectivity index (χ4v) is 1.71. The number of nitrogens with zero attached hydrogens (tertiary/aromatic N) is 1. The summed E-state index contributed by atoms with van der Waals surface area (Å²) in [6.45, 7) is 7.02. The van der Waals surface area contributed by atoms with Gasteiger partial charge in [-0.05, 0) is 32.7 Å². The number of rotatable bonds is 12. The molecule has 1 N–H and O–H groups in total. The van der Waals surface area contributed by atoms with Crippen LogP contribution in [-0.4, -0.2) is 39.0 Å². The van der Waals surface area contributed by atoms with Crippen LogP contribution < -0.4 is 5.32 Å². The van der Waals surface area contributed by atoms with E-state index < -0.39 is 0 Å². The molecule has 4 nitrogen and oxygen atoms in total. The van der Waals surface area contributed by atoms with E-state index in [0.717, 1.165) is 38.7 Å². The maximum absolute atomic E-state index is 9.13. The molecule has 0 heterocycles. The van der Waals surface area contributed by atoms with Gasteiger partial charge in [0.1, 0.15) is 5.54 Å². The van der Waals surface area contributed by atoms with Gasteiger partial charge in [0.2, 0.25) is 0 Å². The van der Waals surface area contributed by atoms with Gasteiger partial charge in [-0.15, -0.1) is 0 Å². The highest BCUT2D eigenvalue weighted by atomic mass is 16.5. The summed E-state index contributed by atoms with van der Waals surface area (Å²) >= 11 is 0. The Morgan fingerprint density at radius 1 is 1.06 bits per heavy atom. The molecule has 0 aromatic heterocycles. The standard InChI is InChI=1S/C14H28N2O2/c1-4-6-9-17-11-12-18-10-7-8-14(5-2,13-15)16-3/h16H,4-12H2,1-3H3. The molecule has 0 spiro atoms. The van der Waals surface area contributed by atoms with Crippen LogP contribution in [0, 0.1) is 11.3 Å². The summed E-state index contributed by atoms with van der Waals surface area (Å²) < 4.78 is 10.9. The van der Waals surface area contributed by atoms with Gasteiger partial charge in [0.25, 0.3) is 0 Å². The minimum absolute atomic E-state index is 0.388. The van der Waals surface area contributed by atoms with Crippen molar-refractivity contribution in [3.05, 3.63) is 0 Å². The Labute approximate surface area is 112 Å². The van der Waals surface area contributed by atoms with Gasteiger partial charge in [-0.2, -0.15) is 5.26 Å². The second-order valence-corrected chi connectivity index (χ2v) is 4.48. The molecule has 0 saturated heterocycles. The van der Waals surface area contributed by atoms with E-state index in [2.05, 4.69) is 18.3 Å². The SMILES string of the molecule is CCCCOCCOCCCC(C#N)(CC)NC. The zero-order valence-corrected chi connectivity index (χ0v) is 12.1. The predicted molar refractivity (Wildman–Crippen MR) is 73.5 cm³/mol. The summed E-state index contributed by atoms with van der Waals surface area (Å²) in [5.41, 5.74) is -0.388. The van der Waals surface area contributed by atoms with Crippen LogP contribution in [-0.2, 0) is 9.47 Å². The minimum atomic E-state index is -0.388. The van der Waals surface area contributed by atoms with E-state index in [4.69, 9.17) is 14.7 Å². The fraction of sp³-hybridized carbons (Fsp3) is 0.929. The molecule has 0 aromatic carbocycles. The highest BCUT2D eigenvalue weighted by molar-refractivity contribution is 5.05. The lowest BCUT2D eigenvalue weighted by molar-refractivity contribution is 0.0441. The van der Waals surface area contributed by atoms with Crippen molar-refractivity contribution in [2.75, 3.05) is 33.5 Å². The van der Waals surface area contributed by atoms with Gasteiger partial charge < -0.3 is 14.8 Å². The van der Waals surface area contributed by atoms with Crippen molar-refractivity contribution >= 4 is 0 Å². The van der Waals surface area contributed by atoms with Gasteiger partial charge in [0.15, 0.2) is 0 Å². The van der Waals surface area contributed by atoms with Gasteiger partial charge in [-0.3, -0.25) is 0 Å². The smallest absolute Gasteiger partial charge is 0.106 e. The molecule has 0 rings (SSSR count). The second kappa shape index (κ2) is 11.5. The summed E-state index contributed by atoms with van der Waals surface area (Å²) in [5.74, 6) is 0. The molecule has 18 heavy (non-hydrogen) atoms. The molecule has 1 unspecified atom stereocenters. The molecule has 1 atom stereocenters. The lowest BCUT2D eigenvalue weighted by Gasteiger charge is -2.24. The Hall–Kier alpha value is -0.630. The van der Waals surface area contributed by atoms with E-state index in [-0.39, 0.29) is 5.54 Å². The minimum Gasteiger partial charge on any atom is -0.379 e. The van der Waals surface area contributed by atoms with Crippen molar-refractivity contribution in [1.82, 2.24) is 5.32 Å². The Bertz CT molecular complexity index is 222. The monoisotopic (exact) mass is 256 g/mol.